The molecule has 0 saturated carbocycles. The summed E-state index contributed by atoms with van der Waals surface area (Å²) in [6.07, 6.45) is 3.58. The first-order valence-electron chi connectivity index (χ1n) is 11.0. The SMILES string of the molecule is CCCCc1nc2c(N)nc3ccccc3c2n1Cc1ccc(CNC(=O)CC)cc1. The van der Waals surface area contributed by atoms with Crippen LogP contribution in [0.15, 0.2) is 48.5 Å². The quantitative estimate of drug-likeness (QED) is 0.441. The molecule has 0 spiro atoms. The summed E-state index contributed by atoms with van der Waals surface area (Å²) in [6.45, 7) is 5.31. The van der Waals surface area contributed by atoms with Gasteiger partial charge in [-0.05, 0) is 23.6 Å². The lowest BCUT2D eigenvalue weighted by Crippen LogP contribution is -2.21. The van der Waals surface area contributed by atoms with Crippen LogP contribution in [0.2, 0.25) is 0 Å². The highest BCUT2D eigenvalue weighted by Gasteiger charge is 2.17. The van der Waals surface area contributed by atoms with Crippen LogP contribution in [0.25, 0.3) is 21.9 Å². The molecule has 2 aromatic heterocycles. The molecular weight excluding hydrogens is 386 g/mol. The zero-order valence-corrected chi connectivity index (χ0v) is 18.2. The number of pyridine rings is 1. The Kier molecular flexibility index (Phi) is 6.16. The zero-order valence-electron chi connectivity index (χ0n) is 18.2. The van der Waals surface area contributed by atoms with E-state index in [1.54, 1.807) is 0 Å². The van der Waals surface area contributed by atoms with Gasteiger partial charge in [-0.2, -0.15) is 0 Å². The third kappa shape index (κ3) is 4.38. The van der Waals surface area contributed by atoms with Crippen molar-refractivity contribution >= 4 is 33.7 Å². The van der Waals surface area contributed by atoms with Gasteiger partial charge < -0.3 is 15.6 Å². The molecular formula is C25H29N5O. The number of hydrogen-bond donors (Lipinski definition) is 2. The Bertz CT molecular complexity index is 1210. The van der Waals surface area contributed by atoms with Crippen LogP contribution in [-0.4, -0.2) is 20.4 Å². The van der Waals surface area contributed by atoms with Gasteiger partial charge in [0, 0.05) is 31.3 Å². The summed E-state index contributed by atoms with van der Waals surface area (Å²) in [5.41, 5.74) is 11.3. The fourth-order valence-corrected chi connectivity index (χ4v) is 3.87. The molecule has 0 aliphatic heterocycles. The number of benzene rings is 2. The molecule has 0 unspecified atom stereocenters. The molecule has 160 valence electrons. The standard InChI is InChI=1S/C25H29N5O/c1-3-5-10-21-29-23-24(19-8-6-7-9-20(19)28-25(23)26)30(21)16-18-13-11-17(12-14-18)15-27-22(31)4-2/h6-9,11-14H,3-5,10,15-16H2,1-2H3,(H2,26,28)(H,27,31). The molecule has 0 radical (unpaired) electrons. The van der Waals surface area contributed by atoms with Crippen molar-refractivity contribution in [3.63, 3.8) is 0 Å². The Balaban J connectivity index is 1.72. The molecule has 4 aromatic rings. The number of rotatable bonds is 8. The predicted molar refractivity (Wildman–Crippen MR) is 126 cm³/mol. The fourth-order valence-electron chi connectivity index (χ4n) is 3.87. The Hall–Kier alpha value is -3.41. The highest BCUT2D eigenvalue weighted by molar-refractivity contribution is 6.06. The number of aromatic nitrogens is 3. The number of nitrogens with one attached hydrogen (secondary N) is 1. The summed E-state index contributed by atoms with van der Waals surface area (Å²) < 4.78 is 2.29. The molecule has 0 fully saturated rings. The van der Waals surface area contributed by atoms with Crippen LogP contribution in [0.3, 0.4) is 0 Å². The van der Waals surface area contributed by atoms with Gasteiger partial charge in [0.1, 0.15) is 11.3 Å². The number of amides is 1. The largest absolute Gasteiger partial charge is 0.382 e. The summed E-state index contributed by atoms with van der Waals surface area (Å²) in [4.78, 5) is 21.0. The minimum absolute atomic E-state index is 0.0626. The maximum absolute atomic E-state index is 11.5. The average Bonchev–Trinajstić information content (AvgIpc) is 3.16. The molecule has 2 heterocycles. The number of carbonyl (C=O) groups is 1. The van der Waals surface area contributed by atoms with Crippen molar-refractivity contribution in [2.24, 2.45) is 0 Å². The first-order chi connectivity index (χ1) is 15.1. The van der Waals surface area contributed by atoms with Crippen molar-refractivity contribution in [3.8, 4) is 0 Å². The van der Waals surface area contributed by atoms with Crippen LogP contribution < -0.4 is 11.1 Å². The lowest BCUT2D eigenvalue weighted by atomic mass is 10.1. The zero-order chi connectivity index (χ0) is 21.8. The average molecular weight is 416 g/mol. The van der Waals surface area contributed by atoms with Gasteiger partial charge in [-0.3, -0.25) is 4.79 Å². The van der Waals surface area contributed by atoms with Crippen LogP contribution in [0, 0.1) is 0 Å². The summed E-state index contributed by atoms with van der Waals surface area (Å²) in [7, 11) is 0. The van der Waals surface area contributed by atoms with Gasteiger partial charge in [0.15, 0.2) is 5.82 Å². The normalized spacial score (nSPS) is 11.3. The Morgan fingerprint density at radius 2 is 1.77 bits per heavy atom. The van der Waals surface area contributed by atoms with E-state index in [2.05, 4.69) is 52.1 Å². The van der Waals surface area contributed by atoms with Gasteiger partial charge in [-0.15, -0.1) is 0 Å². The number of nitrogens with zero attached hydrogens (tertiary/aromatic N) is 3. The van der Waals surface area contributed by atoms with E-state index < -0.39 is 0 Å². The van der Waals surface area contributed by atoms with Crippen molar-refractivity contribution in [2.45, 2.75) is 52.6 Å². The Morgan fingerprint density at radius 3 is 2.52 bits per heavy atom. The van der Waals surface area contributed by atoms with Crippen LogP contribution >= 0.6 is 0 Å². The van der Waals surface area contributed by atoms with Gasteiger partial charge >= 0.3 is 0 Å². The van der Waals surface area contributed by atoms with Crippen LogP contribution in [0.1, 0.15) is 50.1 Å². The van der Waals surface area contributed by atoms with Gasteiger partial charge in [0.05, 0.1) is 11.0 Å². The van der Waals surface area contributed by atoms with Crippen molar-refractivity contribution in [1.82, 2.24) is 19.9 Å². The molecule has 1 amide bonds. The van der Waals surface area contributed by atoms with Gasteiger partial charge in [-0.1, -0.05) is 62.7 Å². The third-order valence-electron chi connectivity index (χ3n) is 5.62. The molecule has 0 aliphatic rings. The molecule has 0 saturated heterocycles. The van der Waals surface area contributed by atoms with Gasteiger partial charge in [-0.25, -0.2) is 9.97 Å². The minimum atomic E-state index is 0.0626. The topological polar surface area (TPSA) is 85.8 Å². The number of nitrogen functional groups attached to an aromatic ring is 1. The number of nitrogens with two attached hydrogens (primary N) is 1. The van der Waals surface area contributed by atoms with E-state index in [1.807, 2.05) is 25.1 Å². The van der Waals surface area contributed by atoms with Gasteiger partial charge in [0.25, 0.3) is 0 Å². The molecule has 2 aromatic carbocycles. The van der Waals surface area contributed by atoms with E-state index in [1.165, 1.54) is 5.56 Å². The van der Waals surface area contributed by atoms with E-state index in [4.69, 9.17) is 10.7 Å². The summed E-state index contributed by atoms with van der Waals surface area (Å²) in [6, 6.07) is 16.5. The predicted octanol–water partition coefficient (Wildman–Crippen LogP) is 4.58. The number of imidazole rings is 1. The van der Waals surface area contributed by atoms with Gasteiger partial charge in [0.2, 0.25) is 5.91 Å². The van der Waals surface area contributed by atoms with Crippen molar-refractivity contribution in [2.75, 3.05) is 5.73 Å². The van der Waals surface area contributed by atoms with Crippen molar-refractivity contribution < 1.29 is 4.79 Å². The number of anilines is 1. The second kappa shape index (κ2) is 9.16. The molecule has 6 nitrogen and oxygen atoms in total. The first kappa shape index (κ1) is 20.8. The Morgan fingerprint density at radius 1 is 1.03 bits per heavy atom. The molecule has 31 heavy (non-hydrogen) atoms. The fraction of sp³-hybridized carbons (Fsp3) is 0.320. The molecule has 4 rings (SSSR count). The molecule has 0 aliphatic carbocycles. The van der Waals surface area contributed by atoms with E-state index >= 15 is 0 Å². The molecule has 0 atom stereocenters. The smallest absolute Gasteiger partial charge is 0.219 e. The number of hydrogen-bond acceptors (Lipinski definition) is 4. The molecule has 6 heteroatoms. The van der Waals surface area contributed by atoms with E-state index in [-0.39, 0.29) is 5.91 Å². The molecule has 0 bridgehead atoms. The van der Waals surface area contributed by atoms with Crippen LogP contribution in [-0.2, 0) is 24.3 Å². The summed E-state index contributed by atoms with van der Waals surface area (Å²) >= 11 is 0. The van der Waals surface area contributed by atoms with E-state index in [0.717, 1.165) is 52.6 Å². The monoisotopic (exact) mass is 415 g/mol. The second-order valence-corrected chi connectivity index (χ2v) is 7.88. The minimum Gasteiger partial charge on any atom is -0.382 e. The highest BCUT2D eigenvalue weighted by Crippen LogP contribution is 2.30. The van der Waals surface area contributed by atoms with Crippen molar-refractivity contribution in [1.29, 1.82) is 0 Å². The second-order valence-electron chi connectivity index (χ2n) is 7.88. The number of aryl methyl sites for hydroxylation is 1. The highest BCUT2D eigenvalue weighted by atomic mass is 16.1. The number of carbonyl (C=O) groups excluding carboxylic acids is 1. The van der Waals surface area contributed by atoms with Crippen molar-refractivity contribution in [3.05, 3.63) is 65.5 Å². The maximum Gasteiger partial charge on any atom is 0.219 e. The molecule has 3 N–H and O–H groups in total. The van der Waals surface area contributed by atoms with Crippen LogP contribution in [0.5, 0.6) is 0 Å². The van der Waals surface area contributed by atoms with E-state index in [9.17, 15) is 4.79 Å². The number of unbranched alkanes of at least 4 members (excludes halogenated alkanes) is 1. The first-order valence-corrected chi connectivity index (χ1v) is 11.0. The lowest BCUT2D eigenvalue weighted by Gasteiger charge is -2.12. The van der Waals surface area contributed by atoms with Crippen LogP contribution in [0.4, 0.5) is 5.82 Å². The third-order valence-corrected chi connectivity index (χ3v) is 5.62. The summed E-state index contributed by atoms with van der Waals surface area (Å²) in [5.74, 6) is 1.58. The summed E-state index contributed by atoms with van der Waals surface area (Å²) in [5, 5.41) is 3.99. The maximum atomic E-state index is 11.5. The number of fused-ring (bicyclic) bond motifs is 3. The lowest BCUT2D eigenvalue weighted by molar-refractivity contribution is -0.120. The van der Waals surface area contributed by atoms with E-state index in [0.29, 0.717) is 25.3 Å². The number of para-hydroxylation sites is 1. The Labute approximate surface area is 182 Å².